The van der Waals surface area contributed by atoms with Crippen LogP contribution >= 0.6 is 0 Å². The predicted octanol–water partition coefficient (Wildman–Crippen LogP) is 4.04. The van der Waals surface area contributed by atoms with Crippen LogP contribution in [0.15, 0.2) is 54.6 Å². The first-order chi connectivity index (χ1) is 11.8. The first-order valence-electron chi connectivity index (χ1n) is 8.60. The van der Waals surface area contributed by atoms with Gasteiger partial charge in [0.25, 0.3) is 5.91 Å². The average Bonchev–Trinajstić information content (AvgIpc) is 2.67. The van der Waals surface area contributed by atoms with Crippen molar-refractivity contribution >= 4 is 5.91 Å². The van der Waals surface area contributed by atoms with Gasteiger partial charge < -0.3 is 4.90 Å². The number of hydrogen-bond acceptors (Lipinski definition) is 2. The Labute approximate surface area is 143 Å². The van der Waals surface area contributed by atoms with Crippen molar-refractivity contribution in [3.8, 4) is 6.07 Å². The van der Waals surface area contributed by atoms with Gasteiger partial charge in [-0.05, 0) is 49.3 Å². The highest BCUT2D eigenvalue weighted by Gasteiger charge is 2.25. The molecule has 0 saturated carbocycles. The van der Waals surface area contributed by atoms with Gasteiger partial charge in [-0.15, -0.1) is 0 Å². The Morgan fingerprint density at radius 1 is 1.12 bits per heavy atom. The minimum Gasteiger partial charge on any atom is -0.338 e. The lowest BCUT2D eigenvalue weighted by atomic mass is 9.91. The van der Waals surface area contributed by atoms with Crippen molar-refractivity contribution in [2.24, 2.45) is 5.92 Å². The normalized spacial score (nSPS) is 17.3. The molecule has 0 bridgehead atoms. The number of nitriles is 1. The van der Waals surface area contributed by atoms with Crippen molar-refractivity contribution in [3.05, 3.63) is 71.3 Å². The third-order valence-electron chi connectivity index (χ3n) is 4.77. The SMILES string of the molecule is N#Cc1ccccc1C(=O)N1CCC[C@H](CCc2ccccc2)C1. The first-order valence-corrected chi connectivity index (χ1v) is 8.60. The zero-order valence-electron chi connectivity index (χ0n) is 13.8. The number of hydrogen-bond donors (Lipinski definition) is 0. The number of benzene rings is 2. The van der Waals surface area contributed by atoms with E-state index in [-0.39, 0.29) is 5.91 Å². The number of likely N-dealkylation sites (tertiary alicyclic amines) is 1. The average molecular weight is 318 g/mol. The molecule has 0 N–H and O–H groups in total. The van der Waals surface area contributed by atoms with Gasteiger partial charge in [0, 0.05) is 13.1 Å². The maximum absolute atomic E-state index is 12.8. The summed E-state index contributed by atoms with van der Waals surface area (Å²) in [4.78, 5) is 14.7. The van der Waals surface area contributed by atoms with Crippen molar-refractivity contribution in [1.29, 1.82) is 5.26 Å². The van der Waals surface area contributed by atoms with Gasteiger partial charge in [0.15, 0.2) is 0 Å². The van der Waals surface area contributed by atoms with E-state index in [2.05, 4.69) is 30.3 Å². The molecular weight excluding hydrogens is 296 g/mol. The molecule has 0 radical (unpaired) electrons. The third-order valence-corrected chi connectivity index (χ3v) is 4.77. The standard InChI is InChI=1S/C21H22N2O/c22-15-19-10-4-5-11-20(19)21(24)23-14-6-9-18(16-23)13-12-17-7-2-1-3-8-17/h1-5,7-8,10-11,18H,6,9,12-14,16H2/t18-/m1/s1. The highest BCUT2D eigenvalue weighted by Crippen LogP contribution is 2.23. The van der Waals surface area contributed by atoms with Crippen molar-refractivity contribution < 1.29 is 4.79 Å². The van der Waals surface area contributed by atoms with Gasteiger partial charge in [-0.1, -0.05) is 42.5 Å². The molecule has 24 heavy (non-hydrogen) atoms. The number of nitrogens with zero attached hydrogens (tertiary/aromatic N) is 2. The Morgan fingerprint density at radius 3 is 2.67 bits per heavy atom. The van der Waals surface area contributed by atoms with Crippen molar-refractivity contribution in [3.63, 3.8) is 0 Å². The van der Waals surface area contributed by atoms with Crippen LogP contribution in [0.3, 0.4) is 0 Å². The molecule has 1 heterocycles. The molecule has 3 rings (SSSR count). The van der Waals surface area contributed by atoms with Gasteiger partial charge in [0.1, 0.15) is 0 Å². The molecule has 3 nitrogen and oxygen atoms in total. The molecule has 2 aromatic rings. The maximum atomic E-state index is 12.8. The smallest absolute Gasteiger partial charge is 0.255 e. The van der Waals surface area contributed by atoms with Crippen molar-refractivity contribution in [2.75, 3.05) is 13.1 Å². The summed E-state index contributed by atoms with van der Waals surface area (Å²) in [6, 6.07) is 19.7. The number of carbonyl (C=O) groups is 1. The minimum atomic E-state index is -0.00318. The van der Waals surface area contributed by atoms with E-state index in [1.165, 1.54) is 12.0 Å². The van der Waals surface area contributed by atoms with Gasteiger partial charge in [-0.2, -0.15) is 5.26 Å². The summed E-state index contributed by atoms with van der Waals surface area (Å²) in [5.41, 5.74) is 2.35. The molecule has 2 aromatic carbocycles. The molecule has 1 fully saturated rings. The second-order valence-electron chi connectivity index (χ2n) is 6.44. The lowest BCUT2D eigenvalue weighted by Gasteiger charge is -2.33. The molecule has 1 atom stereocenters. The monoisotopic (exact) mass is 318 g/mol. The Kier molecular flexibility index (Phi) is 5.28. The van der Waals surface area contributed by atoms with Crippen LogP contribution in [0.5, 0.6) is 0 Å². The molecule has 122 valence electrons. The van der Waals surface area contributed by atoms with E-state index in [9.17, 15) is 10.1 Å². The van der Waals surface area contributed by atoms with Crippen LogP contribution in [0.4, 0.5) is 0 Å². The Balaban J connectivity index is 1.63. The molecule has 1 saturated heterocycles. The van der Waals surface area contributed by atoms with E-state index in [1.807, 2.05) is 17.0 Å². The van der Waals surface area contributed by atoms with Crippen LogP contribution in [-0.4, -0.2) is 23.9 Å². The zero-order chi connectivity index (χ0) is 16.8. The minimum absolute atomic E-state index is 0.00318. The molecule has 1 aliphatic heterocycles. The molecule has 1 aliphatic rings. The fourth-order valence-corrected chi connectivity index (χ4v) is 3.44. The van der Waals surface area contributed by atoms with Gasteiger partial charge in [-0.25, -0.2) is 0 Å². The number of piperidine rings is 1. The van der Waals surface area contributed by atoms with E-state index in [0.717, 1.165) is 32.4 Å². The molecule has 0 unspecified atom stereocenters. The number of rotatable bonds is 4. The predicted molar refractivity (Wildman–Crippen MR) is 94.5 cm³/mol. The van der Waals surface area contributed by atoms with Gasteiger partial charge >= 0.3 is 0 Å². The van der Waals surface area contributed by atoms with Crippen LogP contribution in [0.25, 0.3) is 0 Å². The highest BCUT2D eigenvalue weighted by atomic mass is 16.2. The van der Waals surface area contributed by atoms with Gasteiger partial charge in [0.05, 0.1) is 17.2 Å². The lowest BCUT2D eigenvalue weighted by Crippen LogP contribution is -2.40. The largest absolute Gasteiger partial charge is 0.338 e. The summed E-state index contributed by atoms with van der Waals surface area (Å²) in [5, 5.41) is 9.21. The topological polar surface area (TPSA) is 44.1 Å². The highest BCUT2D eigenvalue weighted by molar-refractivity contribution is 5.96. The van der Waals surface area contributed by atoms with E-state index in [1.54, 1.807) is 18.2 Å². The van der Waals surface area contributed by atoms with E-state index in [4.69, 9.17) is 0 Å². The molecule has 3 heteroatoms. The number of carbonyl (C=O) groups excluding carboxylic acids is 1. The molecular formula is C21H22N2O. The van der Waals surface area contributed by atoms with Crippen LogP contribution < -0.4 is 0 Å². The summed E-state index contributed by atoms with van der Waals surface area (Å²) < 4.78 is 0. The maximum Gasteiger partial charge on any atom is 0.255 e. The van der Waals surface area contributed by atoms with Crippen LogP contribution in [0.2, 0.25) is 0 Å². The molecule has 0 spiro atoms. The second kappa shape index (κ2) is 7.79. The summed E-state index contributed by atoms with van der Waals surface area (Å²) in [5.74, 6) is 0.536. The Hall–Kier alpha value is -2.60. The number of amides is 1. The van der Waals surface area contributed by atoms with E-state index in [0.29, 0.717) is 17.0 Å². The summed E-state index contributed by atoms with van der Waals surface area (Å²) >= 11 is 0. The Bertz CT molecular complexity index is 733. The van der Waals surface area contributed by atoms with Gasteiger partial charge in [0.2, 0.25) is 0 Å². The molecule has 0 aliphatic carbocycles. The van der Waals surface area contributed by atoms with Crippen LogP contribution in [0.1, 0.15) is 40.7 Å². The summed E-state index contributed by atoms with van der Waals surface area (Å²) in [6.07, 6.45) is 4.38. The second-order valence-corrected chi connectivity index (χ2v) is 6.44. The van der Waals surface area contributed by atoms with Gasteiger partial charge in [-0.3, -0.25) is 4.79 Å². The zero-order valence-corrected chi connectivity index (χ0v) is 13.8. The molecule has 0 aromatic heterocycles. The van der Waals surface area contributed by atoms with Crippen molar-refractivity contribution in [1.82, 2.24) is 4.90 Å². The van der Waals surface area contributed by atoms with Crippen LogP contribution in [0, 0.1) is 17.2 Å². The third kappa shape index (κ3) is 3.83. The van der Waals surface area contributed by atoms with E-state index >= 15 is 0 Å². The fraction of sp³-hybridized carbons (Fsp3) is 0.333. The number of aryl methyl sites for hydroxylation is 1. The summed E-state index contributed by atoms with van der Waals surface area (Å²) in [6.45, 7) is 1.59. The van der Waals surface area contributed by atoms with Crippen LogP contribution in [-0.2, 0) is 6.42 Å². The lowest BCUT2D eigenvalue weighted by molar-refractivity contribution is 0.0668. The summed E-state index contributed by atoms with van der Waals surface area (Å²) in [7, 11) is 0. The van der Waals surface area contributed by atoms with E-state index < -0.39 is 0 Å². The fourth-order valence-electron chi connectivity index (χ4n) is 3.44. The quantitative estimate of drug-likeness (QED) is 0.854. The first kappa shape index (κ1) is 16.3. The Morgan fingerprint density at radius 2 is 1.88 bits per heavy atom. The molecule has 1 amide bonds. The van der Waals surface area contributed by atoms with Crippen molar-refractivity contribution in [2.45, 2.75) is 25.7 Å².